The molecular formula is C14H15NO2. The normalized spacial score (nSPS) is 10.2. The zero-order chi connectivity index (χ0) is 12.3. The molecule has 0 N–H and O–H groups in total. The lowest BCUT2D eigenvalue weighted by Crippen LogP contribution is -2.23. The Bertz CT molecular complexity index is 501. The molecule has 0 saturated heterocycles. The summed E-state index contributed by atoms with van der Waals surface area (Å²) in [6.45, 7) is 0. The summed E-state index contributed by atoms with van der Waals surface area (Å²) in [6, 6.07) is 11.6. The minimum Gasteiger partial charge on any atom is -0.464 e. The van der Waals surface area contributed by atoms with Gasteiger partial charge in [-0.2, -0.15) is 0 Å². The third kappa shape index (κ3) is 2.75. The molecule has 1 aromatic carbocycles. The van der Waals surface area contributed by atoms with Crippen molar-refractivity contribution in [1.29, 1.82) is 0 Å². The first-order valence-corrected chi connectivity index (χ1v) is 5.50. The third-order valence-corrected chi connectivity index (χ3v) is 2.59. The second-order valence-corrected chi connectivity index (χ2v) is 4.14. The van der Waals surface area contributed by atoms with Gasteiger partial charge in [-0.15, -0.1) is 0 Å². The maximum Gasteiger partial charge on any atom is 0.226 e. The van der Waals surface area contributed by atoms with E-state index in [0.29, 0.717) is 6.42 Å². The summed E-state index contributed by atoms with van der Waals surface area (Å²) >= 11 is 0. The first-order valence-electron chi connectivity index (χ1n) is 5.50. The summed E-state index contributed by atoms with van der Waals surface area (Å²) < 4.78 is 5.33. The lowest BCUT2D eigenvalue weighted by Gasteiger charge is -2.10. The van der Waals surface area contributed by atoms with Crippen LogP contribution in [-0.2, 0) is 11.2 Å². The van der Waals surface area contributed by atoms with Gasteiger partial charge in [-0.05, 0) is 23.8 Å². The van der Waals surface area contributed by atoms with Crippen molar-refractivity contribution in [2.45, 2.75) is 6.42 Å². The summed E-state index contributed by atoms with van der Waals surface area (Å²) in [5, 5.41) is 0. The van der Waals surface area contributed by atoms with Crippen LogP contribution in [0.4, 0.5) is 0 Å². The Balaban J connectivity index is 2.20. The quantitative estimate of drug-likeness (QED) is 0.810. The van der Waals surface area contributed by atoms with Gasteiger partial charge in [0.05, 0.1) is 12.7 Å². The molecule has 1 aromatic heterocycles. The van der Waals surface area contributed by atoms with Crippen LogP contribution < -0.4 is 0 Å². The molecule has 0 atom stereocenters. The van der Waals surface area contributed by atoms with Gasteiger partial charge in [0, 0.05) is 19.7 Å². The first kappa shape index (κ1) is 11.5. The molecule has 0 aliphatic heterocycles. The Morgan fingerprint density at radius 2 is 2.06 bits per heavy atom. The molecule has 0 fully saturated rings. The molecule has 88 valence electrons. The molecule has 2 aromatic rings. The molecule has 3 nitrogen and oxygen atoms in total. The fourth-order valence-electron chi connectivity index (χ4n) is 1.61. The minimum absolute atomic E-state index is 0.0987. The summed E-state index contributed by atoms with van der Waals surface area (Å²) in [6.07, 6.45) is 2.06. The van der Waals surface area contributed by atoms with Gasteiger partial charge in [0.2, 0.25) is 5.91 Å². The van der Waals surface area contributed by atoms with Crippen LogP contribution in [0.15, 0.2) is 47.1 Å². The number of benzene rings is 1. The average molecular weight is 229 g/mol. The SMILES string of the molecule is CN(C)C(=O)Cc1cccc(-c2ccco2)c1. The Kier molecular flexibility index (Phi) is 3.28. The van der Waals surface area contributed by atoms with Gasteiger partial charge in [0.25, 0.3) is 0 Å². The van der Waals surface area contributed by atoms with E-state index in [1.807, 2.05) is 36.4 Å². The van der Waals surface area contributed by atoms with Crippen molar-refractivity contribution in [2.24, 2.45) is 0 Å². The predicted molar refractivity (Wildman–Crippen MR) is 66.5 cm³/mol. The highest BCUT2D eigenvalue weighted by Gasteiger charge is 2.07. The molecule has 0 bridgehead atoms. The highest BCUT2D eigenvalue weighted by Crippen LogP contribution is 2.21. The van der Waals surface area contributed by atoms with Crippen molar-refractivity contribution in [3.8, 4) is 11.3 Å². The zero-order valence-electron chi connectivity index (χ0n) is 10.0. The van der Waals surface area contributed by atoms with Crippen LogP contribution in [0.1, 0.15) is 5.56 Å². The molecule has 0 saturated carbocycles. The molecule has 0 unspecified atom stereocenters. The molecular weight excluding hydrogens is 214 g/mol. The number of furan rings is 1. The summed E-state index contributed by atoms with van der Waals surface area (Å²) in [5.74, 6) is 0.922. The van der Waals surface area contributed by atoms with Crippen molar-refractivity contribution >= 4 is 5.91 Å². The summed E-state index contributed by atoms with van der Waals surface area (Å²) in [7, 11) is 3.53. The van der Waals surface area contributed by atoms with Crippen molar-refractivity contribution in [3.63, 3.8) is 0 Å². The van der Waals surface area contributed by atoms with Crippen LogP contribution in [0.25, 0.3) is 11.3 Å². The van der Waals surface area contributed by atoms with Crippen molar-refractivity contribution < 1.29 is 9.21 Å². The molecule has 0 radical (unpaired) electrons. The monoisotopic (exact) mass is 229 g/mol. The minimum atomic E-state index is 0.0987. The number of likely N-dealkylation sites (N-methyl/N-ethyl adjacent to an activating group) is 1. The van der Waals surface area contributed by atoms with Gasteiger partial charge in [0.15, 0.2) is 0 Å². The van der Waals surface area contributed by atoms with E-state index in [1.165, 1.54) is 0 Å². The number of nitrogens with zero attached hydrogens (tertiary/aromatic N) is 1. The van der Waals surface area contributed by atoms with Crippen molar-refractivity contribution in [1.82, 2.24) is 4.90 Å². The molecule has 0 aliphatic rings. The topological polar surface area (TPSA) is 33.5 Å². The van der Waals surface area contributed by atoms with Crippen molar-refractivity contribution in [3.05, 3.63) is 48.2 Å². The highest BCUT2D eigenvalue weighted by atomic mass is 16.3. The van der Waals surface area contributed by atoms with Crippen LogP contribution in [-0.4, -0.2) is 24.9 Å². The second kappa shape index (κ2) is 4.87. The number of carbonyl (C=O) groups excluding carboxylic acids is 1. The summed E-state index contributed by atoms with van der Waals surface area (Å²) in [5.41, 5.74) is 2.00. The van der Waals surface area contributed by atoms with E-state index in [2.05, 4.69) is 0 Å². The van der Waals surface area contributed by atoms with Gasteiger partial charge in [-0.25, -0.2) is 0 Å². The van der Waals surface area contributed by atoms with E-state index >= 15 is 0 Å². The van der Waals surface area contributed by atoms with E-state index in [-0.39, 0.29) is 5.91 Å². The number of rotatable bonds is 3. The molecule has 3 heteroatoms. The third-order valence-electron chi connectivity index (χ3n) is 2.59. The Morgan fingerprint density at radius 3 is 2.71 bits per heavy atom. The number of carbonyl (C=O) groups is 1. The predicted octanol–water partition coefficient (Wildman–Crippen LogP) is 2.58. The van der Waals surface area contributed by atoms with Crippen LogP contribution in [0.3, 0.4) is 0 Å². The fraction of sp³-hybridized carbons (Fsp3) is 0.214. The standard InChI is InChI=1S/C14H15NO2/c1-15(2)14(16)10-11-5-3-6-12(9-11)13-7-4-8-17-13/h3-9H,10H2,1-2H3. The second-order valence-electron chi connectivity index (χ2n) is 4.14. The molecule has 0 aliphatic carbocycles. The van der Waals surface area contributed by atoms with Crippen LogP contribution >= 0.6 is 0 Å². The zero-order valence-corrected chi connectivity index (χ0v) is 10.0. The maximum absolute atomic E-state index is 11.6. The Labute approximate surface area is 101 Å². The average Bonchev–Trinajstić information content (AvgIpc) is 2.82. The highest BCUT2D eigenvalue weighted by molar-refractivity contribution is 5.78. The van der Waals surface area contributed by atoms with E-state index in [0.717, 1.165) is 16.9 Å². The Morgan fingerprint density at radius 1 is 1.24 bits per heavy atom. The first-order chi connectivity index (χ1) is 8.16. The largest absolute Gasteiger partial charge is 0.464 e. The molecule has 17 heavy (non-hydrogen) atoms. The molecule has 1 amide bonds. The maximum atomic E-state index is 11.6. The van der Waals surface area contributed by atoms with E-state index in [1.54, 1.807) is 25.3 Å². The molecule has 0 spiro atoms. The van der Waals surface area contributed by atoms with Gasteiger partial charge in [-0.3, -0.25) is 4.79 Å². The molecule has 2 rings (SSSR count). The van der Waals surface area contributed by atoms with Crippen LogP contribution in [0.2, 0.25) is 0 Å². The van der Waals surface area contributed by atoms with Gasteiger partial charge < -0.3 is 9.32 Å². The van der Waals surface area contributed by atoms with Gasteiger partial charge >= 0.3 is 0 Å². The van der Waals surface area contributed by atoms with Crippen molar-refractivity contribution in [2.75, 3.05) is 14.1 Å². The number of amides is 1. The van der Waals surface area contributed by atoms with E-state index < -0.39 is 0 Å². The fourth-order valence-corrected chi connectivity index (χ4v) is 1.61. The number of hydrogen-bond acceptors (Lipinski definition) is 2. The van der Waals surface area contributed by atoms with Crippen LogP contribution in [0.5, 0.6) is 0 Å². The number of hydrogen-bond donors (Lipinski definition) is 0. The Hall–Kier alpha value is -2.03. The lowest BCUT2D eigenvalue weighted by molar-refractivity contribution is -0.127. The van der Waals surface area contributed by atoms with Gasteiger partial charge in [-0.1, -0.05) is 18.2 Å². The van der Waals surface area contributed by atoms with Gasteiger partial charge in [0.1, 0.15) is 5.76 Å². The smallest absolute Gasteiger partial charge is 0.226 e. The van der Waals surface area contributed by atoms with E-state index in [9.17, 15) is 4.79 Å². The summed E-state index contributed by atoms with van der Waals surface area (Å²) in [4.78, 5) is 13.2. The van der Waals surface area contributed by atoms with Crippen LogP contribution in [0, 0.1) is 0 Å². The lowest BCUT2D eigenvalue weighted by atomic mass is 10.1. The van der Waals surface area contributed by atoms with E-state index in [4.69, 9.17) is 4.42 Å². The molecule has 1 heterocycles.